The van der Waals surface area contributed by atoms with Crippen molar-refractivity contribution < 1.29 is 17.9 Å². The highest BCUT2D eigenvalue weighted by atomic mass is 35.5. The summed E-state index contributed by atoms with van der Waals surface area (Å²) in [7, 11) is -0.872. The van der Waals surface area contributed by atoms with E-state index in [1.54, 1.807) is 23.9 Å². The Bertz CT molecular complexity index is 886. The SMILES string of the molecule is COc1ccc(OC)c(S(=O)(=O)NC2CCSc3ccc(Cl)cc32)c1. The summed E-state index contributed by atoms with van der Waals surface area (Å²) >= 11 is 7.79. The van der Waals surface area contributed by atoms with E-state index in [0.29, 0.717) is 17.2 Å². The first-order valence-corrected chi connectivity index (χ1v) is 10.5. The molecule has 0 aliphatic carbocycles. The van der Waals surface area contributed by atoms with Crippen LogP contribution in [0.5, 0.6) is 11.5 Å². The number of fused-ring (bicyclic) bond motifs is 1. The van der Waals surface area contributed by atoms with Gasteiger partial charge in [0.25, 0.3) is 0 Å². The Balaban J connectivity index is 1.97. The van der Waals surface area contributed by atoms with Gasteiger partial charge in [-0.15, -0.1) is 11.8 Å². The second-order valence-corrected chi connectivity index (χ2v) is 8.77. The summed E-state index contributed by atoms with van der Waals surface area (Å²) < 4.78 is 39.1. The molecule has 0 saturated carbocycles. The third-order valence-corrected chi connectivity index (χ3v) is 6.82. The van der Waals surface area contributed by atoms with Crippen LogP contribution in [0.25, 0.3) is 0 Å². The molecule has 1 N–H and O–H groups in total. The highest BCUT2D eigenvalue weighted by Gasteiger charge is 2.28. The number of nitrogens with one attached hydrogen (secondary N) is 1. The number of halogens is 1. The molecule has 2 aromatic rings. The van der Waals surface area contributed by atoms with Crippen LogP contribution in [0.15, 0.2) is 46.2 Å². The van der Waals surface area contributed by atoms with Crippen LogP contribution in [-0.4, -0.2) is 28.4 Å². The summed E-state index contributed by atoms with van der Waals surface area (Å²) in [6.07, 6.45) is 0.684. The predicted octanol–water partition coefficient (Wildman–Crippen LogP) is 3.87. The zero-order valence-electron chi connectivity index (χ0n) is 13.8. The molecule has 25 heavy (non-hydrogen) atoms. The van der Waals surface area contributed by atoms with Crippen LogP contribution < -0.4 is 14.2 Å². The van der Waals surface area contributed by atoms with E-state index in [4.69, 9.17) is 21.1 Å². The van der Waals surface area contributed by atoms with Gasteiger partial charge in [0.05, 0.1) is 14.2 Å². The van der Waals surface area contributed by atoms with Gasteiger partial charge in [-0.1, -0.05) is 11.6 Å². The Hall–Kier alpha value is -1.41. The van der Waals surface area contributed by atoms with E-state index in [1.807, 2.05) is 18.2 Å². The van der Waals surface area contributed by atoms with Crippen LogP contribution in [0.3, 0.4) is 0 Å². The maximum atomic E-state index is 13.0. The van der Waals surface area contributed by atoms with Crippen LogP contribution in [0, 0.1) is 0 Å². The molecule has 0 aromatic heterocycles. The van der Waals surface area contributed by atoms with Crippen LogP contribution in [0.1, 0.15) is 18.0 Å². The third kappa shape index (κ3) is 3.89. The summed E-state index contributed by atoms with van der Waals surface area (Å²) in [6, 6.07) is 9.91. The Morgan fingerprint density at radius 3 is 2.68 bits per heavy atom. The lowest BCUT2D eigenvalue weighted by Crippen LogP contribution is -2.31. The first-order chi connectivity index (χ1) is 11.9. The topological polar surface area (TPSA) is 64.6 Å². The number of hydrogen-bond acceptors (Lipinski definition) is 5. The molecule has 0 spiro atoms. The normalized spacial score (nSPS) is 17.0. The van der Waals surface area contributed by atoms with E-state index in [2.05, 4.69) is 4.72 Å². The first-order valence-electron chi connectivity index (χ1n) is 7.61. The number of thioether (sulfide) groups is 1. The summed E-state index contributed by atoms with van der Waals surface area (Å²) in [5, 5.41) is 0.587. The zero-order valence-corrected chi connectivity index (χ0v) is 16.2. The molecule has 1 heterocycles. The minimum atomic E-state index is -3.80. The molecule has 2 aromatic carbocycles. The Morgan fingerprint density at radius 1 is 1.16 bits per heavy atom. The minimum absolute atomic E-state index is 0.0520. The number of rotatable bonds is 5. The molecule has 3 rings (SSSR count). The number of sulfonamides is 1. The lowest BCUT2D eigenvalue weighted by molar-refractivity contribution is 0.391. The maximum Gasteiger partial charge on any atom is 0.244 e. The van der Waals surface area contributed by atoms with Gasteiger partial charge in [-0.3, -0.25) is 0 Å². The van der Waals surface area contributed by atoms with Crippen molar-refractivity contribution in [1.29, 1.82) is 0 Å². The van der Waals surface area contributed by atoms with E-state index in [-0.39, 0.29) is 16.7 Å². The summed E-state index contributed by atoms with van der Waals surface area (Å²) in [4.78, 5) is 1.09. The summed E-state index contributed by atoms with van der Waals surface area (Å²) in [5.41, 5.74) is 0.897. The standard InChI is InChI=1S/C17H18ClNO4S2/c1-22-12-4-5-15(23-2)17(10-12)25(20,21)19-14-7-8-24-16-6-3-11(18)9-13(14)16/h3-6,9-10,14,19H,7-8H2,1-2H3. The van der Waals surface area contributed by atoms with Gasteiger partial charge in [-0.25, -0.2) is 13.1 Å². The molecule has 0 bridgehead atoms. The Kier molecular flexibility index (Phi) is 5.48. The fourth-order valence-electron chi connectivity index (χ4n) is 2.73. The average Bonchev–Trinajstić information content (AvgIpc) is 2.61. The smallest absolute Gasteiger partial charge is 0.244 e. The molecule has 0 fully saturated rings. The Labute approximate surface area is 156 Å². The first kappa shape index (κ1) is 18.4. The quantitative estimate of drug-likeness (QED) is 0.826. The second kappa shape index (κ2) is 7.45. The van der Waals surface area contributed by atoms with Crippen molar-refractivity contribution in [2.24, 2.45) is 0 Å². The molecule has 1 aliphatic heterocycles. The molecule has 0 radical (unpaired) electrons. The molecule has 8 heteroatoms. The van der Waals surface area contributed by atoms with Crippen molar-refractivity contribution in [2.45, 2.75) is 22.3 Å². The van der Waals surface area contributed by atoms with Gasteiger partial charge in [0.1, 0.15) is 16.4 Å². The van der Waals surface area contributed by atoms with Crippen LogP contribution in [0.4, 0.5) is 0 Å². The molecular weight excluding hydrogens is 382 g/mol. The molecule has 0 amide bonds. The number of hydrogen-bond donors (Lipinski definition) is 1. The van der Waals surface area contributed by atoms with Gasteiger partial charge in [0.2, 0.25) is 10.0 Å². The van der Waals surface area contributed by atoms with Gasteiger partial charge in [0.15, 0.2) is 0 Å². The Morgan fingerprint density at radius 2 is 1.96 bits per heavy atom. The van der Waals surface area contributed by atoms with Crippen molar-refractivity contribution in [1.82, 2.24) is 4.72 Å². The maximum absolute atomic E-state index is 13.0. The van der Waals surface area contributed by atoms with Crippen molar-refractivity contribution in [3.63, 3.8) is 0 Å². The average molecular weight is 400 g/mol. The lowest BCUT2D eigenvalue weighted by Gasteiger charge is -2.26. The molecule has 5 nitrogen and oxygen atoms in total. The van der Waals surface area contributed by atoms with E-state index < -0.39 is 10.0 Å². The van der Waals surface area contributed by atoms with Crippen LogP contribution in [-0.2, 0) is 10.0 Å². The second-order valence-electron chi connectivity index (χ2n) is 5.51. The van der Waals surface area contributed by atoms with Crippen LogP contribution >= 0.6 is 23.4 Å². The number of ether oxygens (including phenoxy) is 2. The minimum Gasteiger partial charge on any atom is -0.497 e. The number of methoxy groups -OCH3 is 2. The van der Waals surface area contributed by atoms with Crippen molar-refractivity contribution in [2.75, 3.05) is 20.0 Å². The van der Waals surface area contributed by atoms with Gasteiger partial charge < -0.3 is 9.47 Å². The molecular formula is C17H18ClNO4S2. The molecule has 1 aliphatic rings. The fraction of sp³-hybridized carbons (Fsp3) is 0.294. The van der Waals surface area contributed by atoms with Crippen molar-refractivity contribution in [3.8, 4) is 11.5 Å². The van der Waals surface area contributed by atoms with E-state index in [9.17, 15) is 8.42 Å². The zero-order chi connectivity index (χ0) is 18.0. The summed E-state index contributed by atoms with van der Waals surface area (Å²) in [5.74, 6) is 1.55. The molecule has 0 saturated heterocycles. The molecule has 1 unspecified atom stereocenters. The molecule has 1 atom stereocenters. The lowest BCUT2D eigenvalue weighted by atomic mass is 10.1. The van der Waals surface area contributed by atoms with Crippen molar-refractivity contribution in [3.05, 3.63) is 47.0 Å². The van der Waals surface area contributed by atoms with Gasteiger partial charge in [-0.2, -0.15) is 0 Å². The van der Waals surface area contributed by atoms with Crippen LogP contribution in [0.2, 0.25) is 5.02 Å². The largest absolute Gasteiger partial charge is 0.497 e. The fourth-order valence-corrected chi connectivity index (χ4v) is 5.45. The van der Waals surface area contributed by atoms with Gasteiger partial charge >= 0.3 is 0 Å². The van der Waals surface area contributed by atoms with Crippen molar-refractivity contribution >= 4 is 33.4 Å². The highest BCUT2D eigenvalue weighted by Crippen LogP contribution is 2.39. The van der Waals surface area contributed by atoms with Gasteiger partial charge in [0, 0.05) is 22.0 Å². The van der Waals surface area contributed by atoms with E-state index in [0.717, 1.165) is 16.2 Å². The summed E-state index contributed by atoms with van der Waals surface area (Å²) in [6.45, 7) is 0. The highest BCUT2D eigenvalue weighted by molar-refractivity contribution is 7.99. The predicted molar refractivity (Wildman–Crippen MR) is 99.4 cm³/mol. The number of benzene rings is 2. The molecule has 134 valence electrons. The van der Waals surface area contributed by atoms with E-state index in [1.165, 1.54) is 20.3 Å². The van der Waals surface area contributed by atoms with E-state index >= 15 is 0 Å². The third-order valence-electron chi connectivity index (χ3n) is 3.97. The van der Waals surface area contributed by atoms with Gasteiger partial charge in [-0.05, 0) is 48.1 Å². The monoisotopic (exact) mass is 399 g/mol.